The predicted molar refractivity (Wildman–Crippen MR) is 47.0 cm³/mol. The molecule has 0 radical (unpaired) electrons. The van der Waals surface area contributed by atoms with Gasteiger partial charge in [0, 0.05) is 0 Å². The Morgan fingerprint density at radius 1 is 1.27 bits per heavy atom. The Morgan fingerprint density at radius 2 is 1.87 bits per heavy atom. The van der Waals surface area contributed by atoms with Crippen molar-refractivity contribution in [3.05, 3.63) is 29.3 Å². The Morgan fingerprint density at radius 3 is 2.27 bits per heavy atom. The highest BCUT2D eigenvalue weighted by atomic mass is 19.4. The number of hydrogen-bond acceptors (Lipinski definition) is 3. The zero-order valence-electron chi connectivity index (χ0n) is 7.75. The first kappa shape index (κ1) is 11.9. The van der Waals surface area contributed by atoms with Gasteiger partial charge in [-0.2, -0.15) is 13.2 Å². The molecule has 0 aliphatic heterocycles. The van der Waals surface area contributed by atoms with Gasteiger partial charge in [0.25, 0.3) is 0 Å². The second-order valence-electron chi connectivity index (χ2n) is 2.92. The van der Waals surface area contributed by atoms with Crippen molar-refractivity contribution in [2.45, 2.75) is 13.1 Å². The number of aryl methyl sites for hydroxylation is 1. The first-order valence-electron chi connectivity index (χ1n) is 4.01. The summed E-state index contributed by atoms with van der Waals surface area (Å²) in [7, 11) is -2.04. The zero-order valence-corrected chi connectivity index (χ0v) is 7.75. The maximum absolute atomic E-state index is 12.3. The van der Waals surface area contributed by atoms with E-state index < -0.39 is 19.1 Å². The van der Waals surface area contributed by atoms with E-state index in [1.165, 1.54) is 6.92 Å². The van der Waals surface area contributed by atoms with Crippen LogP contribution in [0.1, 0.15) is 11.1 Å². The van der Waals surface area contributed by atoms with Crippen LogP contribution in [0.3, 0.4) is 0 Å². The molecule has 15 heavy (non-hydrogen) atoms. The van der Waals surface area contributed by atoms with Gasteiger partial charge in [-0.15, -0.1) is 0 Å². The number of hydrogen-bond donors (Lipinski definition) is 2. The lowest BCUT2D eigenvalue weighted by Crippen LogP contribution is -2.20. The van der Waals surface area contributed by atoms with Crippen molar-refractivity contribution in [3.8, 4) is 5.75 Å². The highest BCUT2D eigenvalue weighted by molar-refractivity contribution is 6.33. The van der Waals surface area contributed by atoms with Crippen molar-refractivity contribution in [2.24, 2.45) is 0 Å². The summed E-state index contributed by atoms with van der Waals surface area (Å²) in [5, 5.41) is 16.9. The monoisotopic (exact) mass is 220 g/mol. The molecule has 0 amide bonds. The summed E-state index contributed by atoms with van der Waals surface area (Å²) < 4.78 is 41.3. The van der Waals surface area contributed by atoms with Crippen LogP contribution in [0.4, 0.5) is 13.2 Å². The van der Waals surface area contributed by atoms with E-state index >= 15 is 0 Å². The molecule has 0 bridgehead atoms. The van der Waals surface area contributed by atoms with E-state index in [9.17, 15) is 13.2 Å². The van der Waals surface area contributed by atoms with Gasteiger partial charge in [-0.1, -0.05) is 0 Å². The predicted octanol–water partition coefficient (Wildman–Crippen LogP) is 1.36. The van der Waals surface area contributed by atoms with Crippen LogP contribution in [0.15, 0.2) is 18.2 Å². The third-order valence-electron chi connectivity index (χ3n) is 1.74. The number of rotatable bonds is 2. The van der Waals surface area contributed by atoms with Crippen LogP contribution in [0.2, 0.25) is 0 Å². The smallest absolute Gasteiger partial charge is 0.512 e. The second-order valence-corrected chi connectivity index (χ2v) is 2.92. The molecular formula is C8H8BF3O3. The van der Waals surface area contributed by atoms with Crippen molar-refractivity contribution >= 4 is 7.32 Å². The highest BCUT2D eigenvalue weighted by Gasteiger charge is 2.32. The number of benzene rings is 1. The molecule has 0 aliphatic carbocycles. The fraction of sp³-hybridized carbons (Fsp3) is 0.250. The van der Waals surface area contributed by atoms with Gasteiger partial charge in [0.15, 0.2) is 0 Å². The molecule has 0 spiro atoms. The first-order valence-corrected chi connectivity index (χ1v) is 4.01. The topological polar surface area (TPSA) is 49.7 Å². The largest absolute Gasteiger partial charge is 0.707 e. The molecule has 7 heteroatoms. The molecule has 0 saturated carbocycles. The lowest BCUT2D eigenvalue weighted by atomic mass is 10.1. The molecule has 0 aliphatic rings. The van der Waals surface area contributed by atoms with Gasteiger partial charge in [0.05, 0.1) is 5.56 Å². The minimum Gasteiger partial charge on any atom is -0.512 e. The summed E-state index contributed by atoms with van der Waals surface area (Å²) in [6.45, 7) is 1.26. The molecule has 0 fully saturated rings. The van der Waals surface area contributed by atoms with Crippen LogP contribution >= 0.6 is 0 Å². The van der Waals surface area contributed by atoms with E-state index in [2.05, 4.69) is 4.65 Å². The quantitative estimate of drug-likeness (QED) is 0.739. The third kappa shape index (κ3) is 3.14. The maximum atomic E-state index is 12.3. The average Bonchev–Trinajstić information content (AvgIpc) is 1.99. The van der Waals surface area contributed by atoms with E-state index in [4.69, 9.17) is 10.0 Å². The Bertz CT molecular complexity index is 351. The van der Waals surface area contributed by atoms with Gasteiger partial charge in [-0.25, -0.2) is 0 Å². The van der Waals surface area contributed by atoms with Crippen molar-refractivity contribution in [2.75, 3.05) is 0 Å². The van der Waals surface area contributed by atoms with E-state index in [0.717, 1.165) is 18.2 Å². The summed E-state index contributed by atoms with van der Waals surface area (Å²) in [5.74, 6) is -0.0319. The fourth-order valence-corrected chi connectivity index (χ4v) is 1.15. The molecule has 0 aromatic heterocycles. The normalized spacial score (nSPS) is 11.3. The number of halogens is 3. The summed E-state index contributed by atoms with van der Waals surface area (Å²) >= 11 is 0. The number of alkyl halides is 3. The van der Waals surface area contributed by atoms with Crippen LogP contribution in [0.25, 0.3) is 0 Å². The molecule has 1 aromatic rings. The average molecular weight is 220 g/mol. The van der Waals surface area contributed by atoms with Crippen LogP contribution in [-0.4, -0.2) is 17.4 Å². The Kier molecular flexibility index (Phi) is 3.26. The van der Waals surface area contributed by atoms with Gasteiger partial charge < -0.3 is 14.7 Å². The van der Waals surface area contributed by atoms with Crippen LogP contribution in [-0.2, 0) is 6.18 Å². The highest BCUT2D eigenvalue weighted by Crippen LogP contribution is 2.33. The standard InChI is InChI=1S/C8H8BF3O3/c1-5-4-6(15-9(13)14)2-3-7(5)8(10,11)12/h2-4,13-14H,1H3. The molecule has 0 atom stereocenters. The van der Waals surface area contributed by atoms with Gasteiger partial charge in [0.1, 0.15) is 5.75 Å². The summed E-state index contributed by atoms with van der Waals surface area (Å²) in [5.41, 5.74) is -0.817. The van der Waals surface area contributed by atoms with Crippen LogP contribution < -0.4 is 4.65 Å². The van der Waals surface area contributed by atoms with Crippen molar-refractivity contribution in [1.82, 2.24) is 0 Å². The zero-order chi connectivity index (χ0) is 11.6. The minimum absolute atomic E-state index is 0.0319. The molecule has 0 unspecified atom stereocenters. The van der Waals surface area contributed by atoms with Crippen molar-refractivity contribution in [3.63, 3.8) is 0 Å². The van der Waals surface area contributed by atoms with E-state index in [0.29, 0.717) is 0 Å². The molecule has 82 valence electrons. The summed E-state index contributed by atoms with van der Waals surface area (Å²) in [6.07, 6.45) is -4.42. The van der Waals surface area contributed by atoms with E-state index in [-0.39, 0.29) is 11.3 Å². The first-order chi connectivity index (χ1) is 6.80. The Labute approximate surface area is 84.3 Å². The van der Waals surface area contributed by atoms with Gasteiger partial charge in [-0.3, -0.25) is 0 Å². The maximum Gasteiger partial charge on any atom is 0.707 e. The van der Waals surface area contributed by atoms with Crippen molar-refractivity contribution < 1.29 is 27.9 Å². The third-order valence-corrected chi connectivity index (χ3v) is 1.74. The molecule has 0 heterocycles. The van der Waals surface area contributed by atoms with Crippen molar-refractivity contribution in [1.29, 1.82) is 0 Å². The molecule has 2 N–H and O–H groups in total. The SMILES string of the molecule is Cc1cc(OB(O)O)ccc1C(F)(F)F. The van der Waals surface area contributed by atoms with E-state index in [1.807, 2.05) is 0 Å². The van der Waals surface area contributed by atoms with Crippen LogP contribution in [0, 0.1) is 6.92 Å². The molecule has 0 saturated heterocycles. The molecule has 1 aromatic carbocycles. The molecular weight excluding hydrogens is 212 g/mol. The Hall–Kier alpha value is -1.21. The molecule has 3 nitrogen and oxygen atoms in total. The summed E-state index contributed by atoms with van der Waals surface area (Å²) in [4.78, 5) is 0. The Balaban J connectivity index is 2.99. The van der Waals surface area contributed by atoms with Gasteiger partial charge in [-0.05, 0) is 30.7 Å². The lowest BCUT2D eigenvalue weighted by Gasteiger charge is -2.12. The van der Waals surface area contributed by atoms with Gasteiger partial charge in [0.2, 0.25) is 0 Å². The summed E-state index contributed by atoms with van der Waals surface area (Å²) in [6, 6.07) is 2.94. The second kappa shape index (κ2) is 4.12. The minimum atomic E-state index is -4.42. The van der Waals surface area contributed by atoms with Gasteiger partial charge >= 0.3 is 13.5 Å². The van der Waals surface area contributed by atoms with Crippen LogP contribution in [0.5, 0.6) is 5.75 Å². The lowest BCUT2D eigenvalue weighted by molar-refractivity contribution is -0.138. The van der Waals surface area contributed by atoms with E-state index in [1.54, 1.807) is 0 Å². The fourth-order valence-electron chi connectivity index (χ4n) is 1.15. The molecule has 1 rings (SSSR count).